The smallest absolute Gasteiger partial charge is 0.161 e. The van der Waals surface area contributed by atoms with E-state index in [1.165, 1.54) is 22.5 Å². The molecule has 0 saturated carbocycles. The van der Waals surface area contributed by atoms with E-state index in [-0.39, 0.29) is 0 Å². The standard InChI is InChI=1S/C26H22N2O2/c1-3-7-21(8-4-1)27-15-19-11-13-24-23(25(19)29-17-27)14-12-20-16-28(18-30-26(20)24)22-9-5-2-6-10-22/h1-14H,15-18H2. The zero-order valence-corrected chi connectivity index (χ0v) is 16.6. The number of fused-ring (bicyclic) bond motifs is 5. The van der Waals surface area contributed by atoms with Crippen LogP contribution in [-0.2, 0) is 13.1 Å². The first kappa shape index (κ1) is 17.2. The fourth-order valence-electron chi connectivity index (χ4n) is 4.43. The van der Waals surface area contributed by atoms with Crippen LogP contribution in [0.2, 0.25) is 0 Å². The Bertz CT molecular complexity index is 1110. The lowest BCUT2D eigenvalue weighted by Crippen LogP contribution is -2.32. The fourth-order valence-corrected chi connectivity index (χ4v) is 4.43. The largest absolute Gasteiger partial charge is 0.472 e. The van der Waals surface area contributed by atoms with E-state index in [1.54, 1.807) is 0 Å². The molecule has 4 nitrogen and oxygen atoms in total. The Kier molecular flexibility index (Phi) is 4.01. The second-order valence-electron chi connectivity index (χ2n) is 7.82. The summed E-state index contributed by atoms with van der Waals surface area (Å²) in [5, 5.41) is 2.26. The van der Waals surface area contributed by atoms with Gasteiger partial charge in [0.05, 0.1) is 0 Å². The zero-order valence-electron chi connectivity index (χ0n) is 16.6. The second-order valence-corrected chi connectivity index (χ2v) is 7.82. The van der Waals surface area contributed by atoms with Gasteiger partial charge in [0, 0.05) is 46.4 Å². The first-order chi connectivity index (χ1) is 14.9. The fraction of sp³-hybridized carbons (Fsp3) is 0.154. The highest BCUT2D eigenvalue weighted by molar-refractivity contribution is 5.95. The van der Waals surface area contributed by atoms with Gasteiger partial charge in [0.25, 0.3) is 0 Å². The van der Waals surface area contributed by atoms with Gasteiger partial charge in [-0.3, -0.25) is 0 Å². The molecule has 4 heteroatoms. The molecule has 6 rings (SSSR count). The summed E-state index contributed by atoms with van der Waals surface area (Å²) in [6, 6.07) is 29.6. The highest BCUT2D eigenvalue weighted by Crippen LogP contribution is 2.41. The molecule has 2 aliphatic rings. The topological polar surface area (TPSA) is 24.9 Å². The summed E-state index contributed by atoms with van der Waals surface area (Å²) in [5.74, 6) is 1.97. The van der Waals surface area contributed by atoms with Crippen LogP contribution < -0.4 is 19.3 Å². The van der Waals surface area contributed by atoms with E-state index in [0.29, 0.717) is 13.5 Å². The molecule has 0 amide bonds. The van der Waals surface area contributed by atoms with E-state index in [0.717, 1.165) is 35.4 Å². The van der Waals surface area contributed by atoms with Gasteiger partial charge in [-0.05, 0) is 24.3 Å². The van der Waals surface area contributed by atoms with Crippen molar-refractivity contribution >= 4 is 22.1 Å². The van der Waals surface area contributed by atoms with E-state index in [1.807, 2.05) is 12.1 Å². The lowest BCUT2D eigenvalue weighted by atomic mass is 9.99. The molecular weight excluding hydrogens is 372 g/mol. The average Bonchev–Trinajstić information content (AvgIpc) is 2.84. The number of ether oxygens (including phenoxy) is 2. The van der Waals surface area contributed by atoms with Crippen molar-refractivity contribution in [2.24, 2.45) is 0 Å². The quantitative estimate of drug-likeness (QED) is 0.445. The Morgan fingerprint density at radius 1 is 0.500 bits per heavy atom. The SMILES string of the molecule is c1ccc(N2COc3c(ccc4c5c(ccc34)CN(c3ccccc3)CO5)C2)cc1. The summed E-state index contributed by atoms with van der Waals surface area (Å²) in [6.07, 6.45) is 0. The number of benzene rings is 4. The van der Waals surface area contributed by atoms with Gasteiger partial charge in [0.1, 0.15) is 11.5 Å². The molecule has 0 aromatic heterocycles. The molecule has 0 saturated heterocycles. The van der Waals surface area contributed by atoms with E-state index < -0.39 is 0 Å². The molecule has 0 bridgehead atoms. The molecule has 0 spiro atoms. The third kappa shape index (κ3) is 2.84. The van der Waals surface area contributed by atoms with Crippen LogP contribution in [0.15, 0.2) is 84.9 Å². The first-order valence-electron chi connectivity index (χ1n) is 10.3. The van der Waals surface area contributed by atoms with Gasteiger partial charge in [-0.1, -0.05) is 60.7 Å². The van der Waals surface area contributed by atoms with Crippen LogP contribution in [-0.4, -0.2) is 13.5 Å². The third-order valence-electron chi connectivity index (χ3n) is 5.96. The Balaban J connectivity index is 1.34. The van der Waals surface area contributed by atoms with Crippen molar-refractivity contribution in [3.05, 3.63) is 96.1 Å². The summed E-state index contributed by atoms with van der Waals surface area (Å²) in [4.78, 5) is 4.50. The van der Waals surface area contributed by atoms with Crippen LogP contribution in [0.4, 0.5) is 11.4 Å². The molecule has 0 fully saturated rings. The number of rotatable bonds is 2. The number of para-hydroxylation sites is 2. The van der Waals surface area contributed by atoms with Crippen LogP contribution >= 0.6 is 0 Å². The monoisotopic (exact) mass is 394 g/mol. The molecule has 2 aliphatic heterocycles. The van der Waals surface area contributed by atoms with Crippen molar-refractivity contribution in [1.82, 2.24) is 0 Å². The molecule has 4 aromatic rings. The van der Waals surface area contributed by atoms with Gasteiger partial charge in [-0.2, -0.15) is 0 Å². The molecule has 0 aliphatic carbocycles. The van der Waals surface area contributed by atoms with E-state index >= 15 is 0 Å². The second kappa shape index (κ2) is 6.99. The van der Waals surface area contributed by atoms with E-state index in [2.05, 4.69) is 82.6 Å². The van der Waals surface area contributed by atoms with Crippen LogP contribution in [0.3, 0.4) is 0 Å². The maximum atomic E-state index is 6.25. The predicted molar refractivity (Wildman–Crippen MR) is 120 cm³/mol. The summed E-state index contributed by atoms with van der Waals surface area (Å²) in [5.41, 5.74) is 4.77. The van der Waals surface area contributed by atoms with E-state index in [4.69, 9.17) is 9.47 Å². The van der Waals surface area contributed by atoms with Gasteiger partial charge >= 0.3 is 0 Å². The highest BCUT2D eigenvalue weighted by Gasteiger charge is 2.24. The van der Waals surface area contributed by atoms with Crippen molar-refractivity contribution in [3.63, 3.8) is 0 Å². The Morgan fingerprint density at radius 2 is 0.933 bits per heavy atom. The lowest BCUT2D eigenvalue weighted by molar-refractivity contribution is 0.289. The van der Waals surface area contributed by atoms with Crippen molar-refractivity contribution in [1.29, 1.82) is 0 Å². The maximum absolute atomic E-state index is 6.25. The zero-order chi connectivity index (χ0) is 19.9. The number of hydrogen-bond acceptors (Lipinski definition) is 4. The number of nitrogens with zero attached hydrogens (tertiary/aromatic N) is 2. The van der Waals surface area contributed by atoms with Crippen LogP contribution in [0.25, 0.3) is 10.8 Å². The molecule has 148 valence electrons. The molecule has 0 atom stereocenters. The summed E-state index contributed by atoms with van der Waals surface area (Å²) in [6.45, 7) is 2.79. The van der Waals surface area contributed by atoms with Gasteiger partial charge in [-0.15, -0.1) is 0 Å². The lowest BCUT2D eigenvalue weighted by Gasteiger charge is -2.33. The summed E-state index contributed by atoms with van der Waals surface area (Å²) in [7, 11) is 0. The van der Waals surface area contributed by atoms with Crippen molar-refractivity contribution in [3.8, 4) is 11.5 Å². The molecule has 0 N–H and O–H groups in total. The van der Waals surface area contributed by atoms with Crippen LogP contribution in [0.1, 0.15) is 11.1 Å². The molecule has 4 aromatic carbocycles. The Hall–Kier alpha value is -3.66. The Labute approximate surface area is 175 Å². The summed E-state index contributed by atoms with van der Waals surface area (Å²) >= 11 is 0. The Morgan fingerprint density at radius 3 is 1.37 bits per heavy atom. The van der Waals surface area contributed by atoms with Gasteiger partial charge < -0.3 is 19.3 Å². The number of anilines is 2. The molecule has 0 unspecified atom stereocenters. The normalized spacial score (nSPS) is 15.2. The minimum atomic E-state index is 0.551. The number of hydrogen-bond donors (Lipinski definition) is 0. The minimum Gasteiger partial charge on any atom is -0.472 e. The first-order valence-corrected chi connectivity index (χ1v) is 10.3. The highest BCUT2D eigenvalue weighted by atomic mass is 16.5. The molecule has 2 heterocycles. The van der Waals surface area contributed by atoms with Crippen molar-refractivity contribution in [2.75, 3.05) is 23.3 Å². The molecular formula is C26H22N2O2. The van der Waals surface area contributed by atoms with Gasteiger partial charge in [-0.25, -0.2) is 0 Å². The van der Waals surface area contributed by atoms with E-state index in [9.17, 15) is 0 Å². The predicted octanol–water partition coefficient (Wildman–Crippen LogP) is 5.55. The third-order valence-corrected chi connectivity index (χ3v) is 5.96. The summed E-state index contributed by atoms with van der Waals surface area (Å²) < 4.78 is 12.5. The van der Waals surface area contributed by atoms with Crippen LogP contribution in [0.5, 0.6) is 11.5 Å². The molecule has 30 heavy (non-hydrogen) atoms. The van der Waals surface area contributed by atoms with Gasteiger partial charge in [0.15, 0.2) is 13.5 Å². The maximum Gasteiger partial charge on any atom is 0.161 e. The van der Waals surface area contributed by atoms with Gasteiger partial charge in [0.2, 0.25) is 0 Å². The van der Waals surface area contributed by atoms with Crippen molar-refractivity contribution in [2.45, 2.75) is 13.1 Å². The van der Waals surface area contributed by atoms with Crippen LogP contribution in [0, 0.1) is 0 Å². The minimum absolute atomic E-state index is 0.551. The molecule has 0 radical (unpaired) electrons. The average molecular weight is 394 g/mol. The van der Waals surface area contributed by atoms with Crippen molar-refractivity contribution < 1.29 is 9.47 Å².